The summed E-state index contributed by atoms with van der Waals surface area (Å²) in [5, 5.41) is 3.40. The lowest BCUT2D eigenvalue weighted by atomic mass is 10.0. The van der Waals surface area contributed by atoms with E-state index in [1.54, 1.807) is 18.2 Å². The van der Waals surface area contributed by atoms with Gasteiger partial charge in [-0.25, -0.2) is 14.4 Å². The third-order valence-corrected chi connectivity index (χ3v) is 3.85. The Balaban J connectivity index is 2.02. The van der Waals surface area contributed by atoms with Crippen molar-refractivity contribution in [3.8, 4) is 22.4 Å². The Morgan fingerprint density at radius 2 is 1.64 bits per heavy atom. The smallest absolute Gasteiger partial charge is 0.172 e. The van der Waals surface area contributed by atoms with E-state index in [9.17, 15) is 0 Å². The highest BCUT2D eigenvalue weighted by molar-refractivity contribution is 6.31. The second-order valence-electron chi connectivity index (χ2n) is 6.80. The summed E-state index contributed by atoms with van der Waals surface area (Å²) in [7, 11) is 0. The fourth-order valence-electron chi connectivity index (χ4n) is 2.51. The van der Waals surface area contributed by atoms with Crippen LogP contribution in [-0.4, -0.2) is 15.5 Å². The zero-order chi connectivity index (χ0) is 18.0. The summed E-state index contributed by atoms with van der Waals surface area (Å²) >= 11 is 6.24. The number of benzene rings is 2. The molecule has 0 radical (unpaired) electrons. The lowest BCUT2D eigenvalue weighted by Crippen LogP contribution is -2.27. The standard InChI is InChI=1S/C20H19ClFN3/c1-20(2,3)25-19-18(21)24-16(12-23-19)15-11-7-10-14(17(15)22)13-8-5-4-6-9-13/h4-12H,1-3H3,(H,23,25). The molecule has 0 amide bonds. The Hall–Kier alpha value is -2.46. The van der Waals surface area contributed by atoms with E-state index in [0.29, 0.717) is 22.6 Å². The predicted octanol–water partition coefficient (Wildman–Crippen LogP) is 5.81. The van der Waals surface area contributed by atoms with Gasteiger partial charge in [-0.05, 0) is 32.4 Å². The van der Waals surface area contributed by atoms with Gasteiger partial charge in [0, 0.05) is 16.7 Å². The predicted molar refractivity (Wildman–Crippen MR) is 101 cm³/mol. The van der Waals surface area contributed by atoms with Crippen LogP contribution in [0, 0.1) is 5.82 Å². The molecule has 0 aliphatic carbocycles. The van der Waals surface area contributed by atoms with Crippen molar-refractivity contribution in [2.24, 2.45) is 0 Å². The number of nitrogens with zero attached hydrogens (tertiary/aromatic N) is 2. The van der Waals surface area contributed by atoms with Gasteiger partial charge in [-0.3, -0.25) is 0 Å². The molecule has 3 nitrogen and oxygen atoms in total. The molecule has 0 saturated heterocycles. The first-order valence-corrected chi connectivity index (χ1v) is 8.38. The highest BCUT2D eigenvalue weighted by atomic mass is 35.5. The second kappa shape index (κ2) is 6.81. The summed E-state index contributed by atoms with van der Waals surface area (Å²) < 4.78 is 15.0. The van der Waals surface area contributed by atoms with E-state index >= 15 is 4.39 Å². The van der Waals surface area contributed by atoms with Crippen molar-refractivity contribution in [2.45, 2.75) is 26.3 Å². The number of aromatic nitrogens is 2. The zero-order valence-electron chi connectivity index (χ0n) is 14.3. The summed E-state index contributed by atoms with van der Waals surface area (Å²) in [6, 6.07) is 14.6. The Kier molecular flexibility index (Phi) is 4.73. The zero-order valence-corrected chi connectivity index (χ0v) is 15.1. The number of anilines is 1. The molecule has 0 fully saturated rings. The molecule has 1 heterocycles. The molecule has 0 spiro atoms. The molecule has 128 valence electrons. The summed E-state index contributed by atoms with van der Waals surface area (Å²) in [5.41, 5.74) is 1.91. The maximum atomic E-state index is 15.0. The van der Waals surface area contributed by atoms with Gasteiger partial charge in [-0.15, -0.1) is 0 Å². The van der Waals surface area contributed by atoms with Crippen LogP contribution >= 0.6 is 11.6 Å². The van der Waals surface area contributed by atoms with Crippen molar-refractivity contribution in [3.05, 3.63) is 65.7 Å². The number of hydrogen-bond acceptors (Lipinski definition) is 3. The molecule has 1 aromatic heterocycles. The van der Waals surface area contributed by atoms with Crippen LogP contribution in [0.25, 0.3) is 22.4 Å². The highest BCUT2D eigenvalue weighted by Crippen LogP contribution is 2.31. The van der Waals surface area contributed by atoms with Gasteiger partial charge in [0.25, 0.3) is 0 Å². The first-order chi connectivity index (χ1) is 11.8. The van der Waals surface area contributed by atoms with Crippen LogP contribution in [0.15, 0.2) is 54.7 Å². The number of rotatable bonds is 3. The van der Waals surface area contributed by atoms with E-state index in [1.807, 2.05) is 51.1 Å². The van der Waals surface area contributed by atoms with Crippen molar-refractivity contribution in [2.75, 3.05) is 5.32 Å². The van der Waals surface area contributed by atoms with Crippen molar-refractivity contribution in [3.63, 3.8) is 0 Å². The number of halogens is 2. The van der Waals surface area contributed by atoms with Crippen LogP contribution < -0.4 is 5.32 Å². The Morgan fingerprint density at radius 3 is 2.28 bits per heavy atom. The van der Waals surface area contributed by atoms with Crippen molar-refractivity contribution >= 4 is 17.4 Å². The first-order valence-electron chi connectivity index (χ1n) is 8.00. The van der Waals surface area contributed by atoms with Crippen LogP contribution in [-0.2, 0) is 0 Å². The van der Waals surface area contributed by atoms with Gasteiger partial charge in [0.1, 0.15) is 5.82 Å². The summed E-state index contributed by atoms with van der Waals surface area (Å²) in [5.74, 6) is 0.146. The highest BCUT2D eigenvalue weighted by Gasteiger charge is 2.17. The minimum atomic E-state index is -0.337. The van der Waals surface area contributed by atoms with Crippen molar-refractivity contribution in [1.82, 2.24) is 9.97 Å². The van der Waals surface area contributed by atoms with E-state index in [2.05, 4.69) is 15.3 Å². The topological polar surface area (TPSA) is 37.8 Å². The molecule has 5 heteroatoms. The Labute approximate surface area is 151 Å². The van der Waals surface area contributed by atoms with Gasteiger partial charge >= 0.3 is 0 Å². The number of nitrogens with one attached hydrogen (secondary N) is 1. The molecule has 0 atom stereocenters. The molecular formula is C20H19ClFN3. The van der Waals surface area contributed by atoms with E-state index in [0.717, 1.165) is 5.56 Å². The number of hydrogen-bond donors (Lipinski definition) is 1. The van der Waals surface area contributed by atoms with Crippen LogP contribution in [0.1, 0.15) is 20.8 Å². The van der Waals surface area contributed by atoms with Gasteiger partial charge < -0.3 is 5.32 Å². The van der Waals surface area contributed by atoms with Crippen LogP contribution in [0.5, 0.6) is 0 Å². The quantitative estimate of drug-likeness (QED) is 0.643. The third kappa shape index (κ3) is 3.97. The Morgan fingerprint density at radius 1 is 0.960 bits per heavy atom. The average molecular weight is 356 g/mol. The van der Waals surface area contributed by atoms with E-state index in [4.69, 9.17) is 11.6 Å². The van der Waals surface area contributed by atoms with Crippen LogP contribution in [0.2, 0.25) is 5.15 Å². The Bertz CT molecular complexity index is 889. The maximum absolute atomic E-state index is 15.0. The minimum Gasteiger partial charge on any atom is -0.363 e. The second-order valence-corrected chi connectivity index (χ2v) is 7.16. The first kappa shape index (κ1) is 17.4. The van der Waals surface area contributed by atoms with Crippen LogP contribution in [0.3, 0.4) is 0 Å². The lowest BCUT2D eigenvalue weighted by Gasteiger charge is -2.21. The van der Waals surface area contributed by atoms with E-state index in [-0.39, 0.29) is 16.5 Å². The third-order valence-electron chi connectivity index (χ3n) is 3.58. The monoisotopic (exact) mass is 355 g/mol. The van der Waals surface area contributed by atoms with Crippen molar-refractivity contribution in [1.29, 1.82) is 0 Å². The largest absolute Gasteiger partial charge is 0.363 e. The molecule has 0 unspecified atom stereocenters. The summed E-state index contributed by atoms with van der Waals surface area (Å²) in [6.07, 6.45) is 1.53. The SMILES string of the molecule is CC(C)(C)Nc1ncc(-c2cccc(-c3ccccc3)c2F)nc1Cl. The molecule has 0 bridgehead atoms. The molecular weight excluding hydrogens is 337 g/mol. The van der Waals surface area contributed by atoms with E-state index in [1.165, 1.54) is 6.20 Å². The molecule has 1 N–H and O–H groups in total. The van der Waals surface area contributed by atoms with Gasteiger partial charge in [0.05, 0.1) is 11.9 Å². The fraction of sp³-hybridized carbons (Fsp3) is 0.200. The molecule has 2 aromatic carbocycles. The van der Waals surface area contributed by atoms with Crippen LogP contribution in [0.4, 0.5) is 10.2 Å². The molecule has 0 aliphatic rings. The van der Waals surface area contributed by atoms with E-state index < -0.39 is 0 Å². The minimum absolute atomic E-state index is 0.196. The lowest BCUT2D eigenvalue weighted by molar-refractivity contribution is 0.628. The normalized spacial score (nSPS) is 11.4. The molecule has 0 saturated carbocycles. The summed E-state index contributed by atoms with van der Waals surface area (Å²) in [4.78, 5) is 8.63. The molecule has 25 heavy (non-hydrogen) atoms. The van der Waals surface area contributed by atoms with Gasteiger partial charge in [-0.2, -0.15) is 0 Å². The van der Waals surface area contributed by atoms with Gasteiger partial charge in [0.2, 0.25) is 0 Å². The van der Waals surface area contributed by atoms with Crippen molar-refractivity contribution < 1.29 is 4.39 Å². The molecule has 0 aliphatic heterocycles. The summed E-state index contributed by atoms with van der Waals surface area (Å²) in [6.45, 7) is 6.01. The van der Waals surface area contributed by atoms with Gasteiger partial charge in [0.15, 0.2) is 11.0 Å². The fourth-order valence-corrected chi connectivity index (χ4v) is 2.69. The maximum Gasteiger partial charge on any atom is 0.172 e. The molecule has 3 aromatic rings. The molecule has 3 rings (SSSR count). The van der Waals surface area contributed by atoms with Gasteiger partial charge in [-0.1, -0.05) is 54.1 Å². The average Bonchev–Trinajstić information content (AvgIpc) is 2.57.